The number of hydrogen-bond acceptors (Lipinski definition) is 2. The van der Waals surface area contributed by atoms with E-state index in [9.17, 15) is 4.79 Å². The zero-order valence-corrected chi connectivity index (χ0v) is 10.8. The van der Waals surface area contributed by atoms with Crippen molar-refractivity contribution in [3.63, 3.8) is 0 Å². The van der Waals surface area contributed by atoms with E-state index in [1.54, 1.807) is 4.57 Å². The van der Waals surface area contributed by atoms with Crippen LogP contribution in [0.4, 0.5) is 0 Å². The van der Waals surface area contributed by atoms with E-state index in [0.29, 0.717) is 17.0 Å². The van der Waals surface area contributed by atoms with Gasteiger partial charge in [0.15, 0.2) is 5.69 Å². The fraction of sp³-hybridized carbons (Fsp3) is 0.167. The van der Waals surface area contributed by atoms with Crippen LogP contribution in [0.1, 0.15) is 17.4 Å². The summed E-state index contributed by atoms with van der Waals surface area (Å²) in [5.41, 5.74) is 1.09. The van der Waals surface area contributed by atoms with Crippen molar-refractivity contribution < 1.29 is 9.90 Å². The van der Waals surface area contributed by atoms with Gasteiger partial charge < -0.3 is 9.67 Å². The molecule has 1 aromatic carbocycles. The van der Waals surface area contributed by atoms with E-state index in [1.165, 1.54) is 0 Å². The number of aromatic carboxylic acids is 1. The van der Waals surface area contributed by atoms with Gasteiger partial charge in [-0.3, -0.25) is 0 Å². The Labute approximate surface area is 107 Å². The molecular formula is C12H11BrN2O2. The van der Waals surface area contributed by atoms with E-state index >= 15 is 0 Å². The fourth-order valence-electron chi connectivity index (χ4n) is 1.74. The van der Waals surface area contributed by atoms with Crippen molar-refractivity contribution in [1.82, 2.24) is 9.55 Å². The van der Waals surface area contributed by atoms with Gasteiger partial charge in [0.1, 0.15) is 10.4 Å². The molecule has 0 aliphatic rings. The molecule has 0 saturated heterocycles. The highest BCUT2D eigenvalue weighted by molar-refractivity contribution is 9.10. The molecule has 1 heterocycles. The van der Waals surface area contributed by atoms with Crippen molar-refractivity contribution in [3.05, 3.63) is 40.6 Å². The van der Waals surface area contributed by atoms with E-state index in [2.05, 4.69) is 20.9 Å². The predicted molar refractivity (Wildman–Crippen MR) is 68.0 cm³/mol. The lowest BCUT2D eigenvalue weighted by atomic mass is 10.2. The average molecular weight is 295 g/mol. The lowest BCUT2D eigenvalue weighted by molar-refractivity contribution is 0.0684. The summed E-state index contributed by atoms with van der Waals surface area (Å²) < 4.78 is 2.05. The molecule has 0 fully saturated rings. The lowest BCUT2D eigenvalue weighted by Crippen LogP contribution is -2.08. The Balaban J connectivity index is 2.64. The van der Waals surface area contributed by atoms with Crippen LogP contribution >= 0.6 is 15.9 Å². The minimum Gasteiger partial charge on any atom is -0.476 e. The molecule has 0 unspecified atom stereocenters. The Morgan fingerprint density at radius 2 is 2.06 bits per heavy atom. The van der Waals surface area contributed by atoms with Crippen LogP contribution in [0.2, 0.25) is 0 Å². The summed E-state index contributed by atoms with van der Waals surface area (Å²) in [6.07, 6.45) is 0. The molecule has 17 heavy (non-hydrogen) atoms. The van der Waals surface area contributed by atoms with E-state index in [0.717, 1.165) is 5.56 Å². The molecule has 0 aliphatic heterocycles. The van der Waals surface area contributed by atoms with Crippen molar-refractivity contribution in [3.8, 4) is 11.4 Å². The maximum Gasteiger partial charge on any atom is 0.355 e. The van der Waals surface area contributed by atoms with Crippen LogP contribution in [-0.2, 0) is 6.54 Å². The van der Waals surface area contributed by atoms with Gasteiger partial charge in [0.05, 0.1) is 0 Å². The van der Waals surface area contributed by atoms with Crippen molar-refractivity contribution in [1.29, 1.82) is 0 Å². The Bertz CT molecular complexity index is 549. The second kappa shape index (κ2) is 4.71. The number of rotatable bonds is 3. The van der Waals surface area contributed by atoms with Gasteiger partial charge in [-0.15, -0.1) is 0 Å². The van der Waals surface area contributed by atoms with Gasteiger partial charge in [-0.2, -0.15) is 0 Å². The number of hydrogen-bond donors (Lipinski definition) is 1. The summed E-state index contributed by atoms with van der Waals surface area (Å²) in [6, 6.07) is 9.53. The molecular weight excluding hydrogens is 284 g/mol. The zero-order valence-electron chi connectivity index (χ0n) is 9.22. The topological polar surface area (TPSA) is 55.1 Å². The molecule has 0 spiro atoms. The molecule has 0 bridgehead atoms. The minimum absolute atomic E-state index is 0.186. The first-order chi connectivity index (χ1) is 8.15. The Kier molecular flexibility index (Phi) is 3.28. The van der Waals surface area contributed by atoms with Crippen molar-refractivity contribution >= 4 is 21.9 Å². The van der Waals surface area contributed by atoms with E-state index in [4.69, 9.17) is 5.11 Å². The first-order valence-corrected chi connectivity index (χ1v) is 5.99. The van der Waals surface area contributed by atoms with E-state index < -0.39 is 5.97 Å². The largest absolute Gasteiger partial charge is 0.476 e. The molecule has 4 nitrogen and oxygen atoms in total. The summed E-state index contributed by atoms with van der Waals surface area (Å²) in [5.74, 6) is -0.314. The second-order valence-electron chi connectivity index (χ2n) is 3.49. The number of halogens is 1. The Morgan fingerprint density at radius 3 is 2.59 bits per heavy atom. The number of benzene rings is 1. The standard InChI is InChI=1S/C12H11BrN2O2/c1-2-15-9(12(16)17)10(13)14-11(15)8-6-4-3-5-7-8/h3-7H,2H2,1H3,(H,16,17). The van der Waals surface area contributed by atoms with Gasteiger partial charge in [0, 0.05) is 12.1 Å². The third-order valence-electron chi connectivity index (χ3n) is 2.48. The first-order valence-electron chi connectivity index (χ1n) is 5.20. The number of imidazole rings is 1. The summed E-state index contributed by atoms with van der Waals surface area (Å²) in [7, 11) is 0. The third kappa shape index (κ3) is 2.10. The van der Waals surface area contributed by atoms with Gasteiger partial charge in [0.2, 0.25) is 0 Å². The monoisotopic (exact) mass is 294 g/mol. The average Bonchev–Trinajstić information content (AvgIpc) is 2.67. The summed E-state index contributed by atoms with van der Waals surface area (Å²) in [5, 5.41) is 9.15. The van der Waals surface area contributed by atoms with Crippen LogP contribution in [-0.4, -0.2) is 20.6 Å². The van der Waals surface area contributed by atoms with Crippen LogP contribution in [0, 0.1) is 0 Å². The van der Waals surface area contributed by atoms with Crippen LogP contribution in [0.15, 0.2) is 34.9 Å². The molecule has 0 saturated carbocycles. The SMILES string of the molecule is CCn1c(-c2ccccc2)nc(Br)c1C(=O)O. The van der Waals surface area contributed by atoms with Crippen molar-refractivity contribution in [2.45, 2.75) is 13.5 Å². The third-order valence-corrected chi connectivity index (χ3v) is 3.03. The molecule has 0 atom stereocenters. The number of carboxylic acid groups (broad SMARTS) is 1. The van der Waals surface area contributed by atoms with Crippen molar-refractivity contribution in [2.75, 3.05) is 0 Å². The van der Waals surface area contributed by atoms with Gasteiger partial charge in [0.25, 0.3) is 0 Å². The predicted octanol–water partition coefficient (Wildman–Crippen LogP) is 3.03. The molecule has 0 amide bonds. The quantitative estimate of drug-likeness (QED) is 0.947. The van der Waals surface area contributed by atoms with Crippen LogP contribution in [0.5, 0.6) is 0 Å². The van der Waals surface area contributed by atoms with Crippen molar-refractivity contribution in [2.24, 2.45) is 0 Å². The van der Waals surface area contributed by atoms with Gasteiger partial charge >= 0.3 is 5.97 Å². The molecule has 1 aromatic heterocycles. The van der Waals surface area contributed by atoms with Crippen LogP contribution < -0.4 is 0 Å². The molecule has 2 aromatic rings. The van der Waals surface area contributed by atoms with Crippen LogP contribution in [0.25, 0.3) is 11.4 Å². The fourth-order valence-corrected chi connectivity index (χ4v) is 2.29. The van der Waals surface area contributed by atoms with E-state index in [1.807, 2.05) is 37.3 Å². The van der Waals surface area contributed by atoms with Crippen LogP contribution in [0.3, 0.4) is 0 Å². The molecule has 5 heteroatoms. The van der Waals surface area contributed by atoms with Gasteiger partial charge in [-0.1, -0.05) is 30.3 Å². The number of nitrogens with zero attached hydrogens (tertiary/aromatic N) is 2. The molecule has 0 radical (unpaired) electrons. The van der Waals surface area contributed by atoms with E-state index in [-0.39, 0.29) is 5.69 Å². The molecule has 0 aliphatic carbocycles. The molecule has 88 valence electrons. The summed E-state index contributed by atoms with van der Waals surface area (Å²) in [4.78, 5) is 15.4. The number of carbonyl (C=O) groups is 1. The first kappa shape index (κ1) is 11.9. The Hall–Kier alpha value is -1.62. The number of aromatic nitrogens is 2. The normalized spacial score (nSPS) is 10.5. The van der Waals surface area contributed by atoms with Gasteiger partial charge in [-0.25, -0.2) is 9.78 Å². The molecule has 2 rings (SSSR count). The Morgan fingerprint density at radius 1 is 1.41 bits per heavy atom. The highest BCUT2D eigenvalue weighted by Crippen LogP contribution is 2.25. The second-order valence-corrected chi connectivity index (χ2v) is 4.24. The minimum atomic E-state index is -0.978. The lowest BCUT2D eigenvalue weighted by Gasteiger charge is -2.06. The number of carboxylic acids is 1. The zero-order chi connectivity index (χ0) is 12.4. The molecule has 1 N–H and O–H groups in total. The van der Waals surface area contributed by atoms with Gasteiger partial charge in [-0.05, 0) is 22.9 Å². The summed E-state index contributed by atoms with van der Waals surface area (Å²) >= 11 is 3.19. The summed E-state index contributed by atoms with van der Waals surface area (Å²) in [6.45, 7) is 2.46. The maximum absolute atomic E-state index is 11.2. The highest BCUT2D eigenvalue weighted by atomic mass is 79.9. The smallest absolute Gasteiger partial charge is 0.355 e. The maximum atomic E-state index is 11.2. The highest BCUT2D eigenvalue weighted by Gasteiger charge is 2.20.